The molecule has 0 saturated heterocycles. The molecule has 0 fully saturated rings. The molecule has 0 amide bonds. The van der Waals surface area contributed by atoms with Crippen molar-refractivity contribution in [1.29, 1.82) is 0 Å². The zero-order valence-corrected chi connectivity index (χ0v) is 11.3. The first-order chi connectivity index (χ1) is 10.2. The molecule has 0 radical (unpaired) electrons. The first-order valence-corrected chi connectivity index (χ1v) is 6.06. The summed E-state index contributed by atoms with van der Waals surface area (Å²) in [6.45, 7) is 0.853. The lowest BCUT2D eigenvalue weighted by molar-refractivity contribution is -0.385. The van der Waals surface area contributed by atoms with E-state index in [1.165, 1.54) is 19.1 Å². The Morgan fingerprint density at radius 3 is 2.73 bits per heavy atom. The van der Waals surface area contributed by atoms with Gasteiger partial charge in [-0.05, 0) is 13.0 Å². The highest BCUT2D eigenvalue weighted by Crippen LogP contribution is 2.28. The molecule has 0 spiro atoms. The number of amidine groups is 1. The summed E-state index contributed by atoms with van der Waals surface area (Å²) in [6, 6.07) is 2.44. The van der Waals surface area contributed by atoms with E-state index in [9.17, 15) is 27.7 Å². The van der Waals surface area contributed by atoms with Crippen LogP contribution in [0.4, 0.5) is 23.2 Å². The average Bonchev–Trinajstić information content (AvgIpc) is 2.86. The van der Waals surface area contributed by atoms with E-state index in [0.717, 1.165) is 5.01 Å². The van der Waals surface area contributed by atoms with Gasteiger partial charge in [0.05, 0.1) is 17.2 Å². The zero-order valence-electron chi connectivity index (χ0n) is 11.3. The van der Waals surface area contributed by atoms with Gasteiger partial charge in [-0.15, -0.1) is 0 Å². The van der Waals surface area contributed by atoms with Crippen LogP contribution >= 0.6 is 0 Å². The third-order valence-electron chi connectivity index (χ3n) is 2.95. The Morgan fingerprint density at radius 1 is 1.50 bits per heavy atom. The third-order valence-corrected chi connectivity index (χ3v) is 2.95. The minimum atomic E-state index is -4.39. The van der Waals surface area contributed by atoms with E-state index in [4.69, 9.17) is 0 Å². The van der Waals surface area contributed by atoms with Crippen molar-refractivity contribution in [3.63, 3.8) is 0 Å². The second kappa shape index (κ2) is 5.83. The molecule has 11 heteroatoms. The number of nitro groups is 1. The van der Waals surface area contributed by atoms with Gasteiger partial charge in [0.1, 0.15) is 12.4 Å². The standard InChI is InChI=1S/C11H11F4N5O2/c1-6-8(20(21)22)3-2-7(18-6)4-19-10(16-5-17-19)11(14,15)9(12)13/h2-3,9,17H,4-5H2,1H3. The van der Waals surface area contributed by atoms with Crippen LogP contribution in [0, 0.1) is 17.0 Å². The van der Waals surface area contributed by atoms with Crippen molar-refractivity contribution in [3.8, 4) is 0 Å². The third kappa shape index (κ3) is 2.98. The maximum Gasteiger partial charge on any atom is 0.364 e. The van der Waals surface area contributed by atoms with E-state index in [1.807, 2.05) is 0 Å². The molecule has 1 aromatic heterocycles. The number of aliphatic imine (C=N–C) groups is 1. The van der Waals surface area contributed by atoms with E-state index in [2.05, 4.69) is 15.4 Å². The maximum atomic E-state index is 13.4. The van der Waals surface area contributed by atoms with Gasteiger partial charge < -0.3 is 0 Å². The molecule has 0 unspecified atom stereocenters. The largest absolute Gasteiger partial charge is 0.364 e. The van der Waals surface area contributed by atoms with Gasteiger partial charge in [-0.3, -0.25) is 15.1 Å². The van der Waals surface area contributed by atoms with Gasteiger partial charge >= 0.3 is 12.3 Å². The van der Waals surface area contributed by atoms with Crippen LogP contribution in [0.3, 0.4) is 0 Å². The number of nitrogens with zero attached hydrogens (tertiary/aromatic N) is 4. The van der Waals surface area contributed by atoms with Gasteiger partial charge in [-0.25, -0.2) is 24.2 Å². The molecule has 2 heterocycles. The van der Waals surface area contributed by atoms with E-state index in [1.54, 1.807) is 0 Å². The Bertz CT molecular complexity index is 623. The molecule has 1 N–H and O–H groups in total. The number of aromatic nitrogens is 1. The first-order valence-electron chi connectivity index (χ1n) is 6.06. The number of halogens is 4. The van der Waals surface area contributed by atoms with Crippen LogP contribution in [0.1, 0.15) is 11.4 Å². The molecule has 0 aromatic carbocycles. The Balaban J connectivity index is 2.19. The molecule has 1 aromatic rings. The van der Waals surface area contributed by atoms with Crippen molar-refractivity contribution in [3.05, 3.63) is 33.6 Å². The van der Waals surface area contributed by atoms with Crippen molar-refractivity contribution >= 4 is 11.5 Å². The molecule has 0 aliphatic carbocycles. The van der Waals surface area contributed by atoms with Crippen molar-refractivity contribution < 1.29 is 22.5 Å². The number of rotatable bonds is 5. The predicted molar refractivity (Wildman–Crippen MR) is 67.6 cm³/mol. The molecular formula is C11H11F4N5O2. The molecule has 0 bridgehead atoms. The van der Waals surface area contributed by atoms with Crippen molar-refractivity contribution in [2.45, 2.75) is 25.8 Å². The topological polar surface area (TPSA) is 83.7 Å². The van der Waals surface area contributed by atoms with Crippen molar-refractivity contribution in [1.82, 2.24) is 15.4 Å². The van der Waals surface area contributed by atoms with E-state index >= 15 is 0 Å². The number of pyridine rings is 1. The van der Waals surface area contributed by atoms with Crippen LogP contribution in [0.5, 0.6) is 0 Å². The molecule has 7 nitrogen and oxygen atoms in total. The minimum absolute atomic E-state index is 0.0980. The van der Waals surface area contributed by atoms with Crippen LogP contribution in [0.2, 0.25) is 0 Å². The summed E-state index contributed by atoms with van der Waals surface area (Å²) in [5.74, 6) is -5.47. The molecule has 22 heavy (non-hydrogen) atoms. The van der Waals surface area contributed by atoms with Gasteiger partial charge in [0.25, 0.3) is 5.69 Å². The monoisotopic (exact) mass is 321 g/mol. The van der Waals surface area contributed by atoms with Crippen LogP contribution in [-0.4, -0.2) is 39.8 Å². The number of nitrogens with one attached hydrogen (secondary N) is 1. The normalized spacial score (nSPS) is 15.4. The van der Waals surface area contributed by atoms with E-state index in [0.29, 0.717) is 0 Å². The minimum Gasteiger partial charge on any atom is -0.283 e. The smallest absolute Gasteiger partial charge is 0.283 e. The zero-order chi connectivity index (χ0) is 16.5. The second-order valence-corrected chi connectivity index (χ2v) is 4.47. The van der Waals surface area contributed by atoms with Gasteiger partial charge in [0, 0.05) is 6.07 Å². The van der Waals surface area contributed by atoms with Crippen LogP contribution in [0.25, 0.3) is 0 Å². The van der Waals surface area contributed by atoms with E-state index < -0.39 is 23.1 Å². The SMILES string of the molecule is Cc1nc(CN2NCN=C2C(F)(F)C(F)F)ccc1[N+](=O)[O-]. The Kier molecular flexibility index (Phi) is 4.26. The molecule has 0 atom stereocenters. The van der Waals surface area contributed by atoms with Crippen LogP contribution in [-0.2, 0) is 6.54 Å². The molecule has 1 aliphatic heterocycles. The van der Waals surface area contributed by atoms with Gasteiger partial charge in [-0.2, -0.15) is 8.78 Å². The Morgan fingerprint density at radius 2 is 2.18 bits per heavy atom. The second-order valence-electron chi connectivity index (χ2n) is 4.47. The lowest BCUT2D eigenvalue weighted by atomic mass is 10.2. The molecule has 120 valence electrons. The van der Waals surface area contributed by atoms with Crippen LogP contribution < -0.4 is 5.43 Å². The quantitative estimate of drug-likeness (QED) is 0.508. The maximum absolute atomic E-state index is 13.4. The lowest BCUT2D eigenvalue weighted by Gasteiger charge is -2.25. The fraction of sp³-hybridized carbons (Fsp3) is 0.455. The molecule has 1 aliphatic rings. The molecule has 2 rings (SSSR count). The number of hydrogen-bond donors (Lipinski definition) is 1. The Hall–Kier alpha value is -2.30. The molecule has 0 saturated carbocycles. The summed E-state index contributed by atoms with van der Waals surface area (Å²) < 4.78 is 51.6. The highest BCUT2D eigenvalue weighted by atomic mass is 19.3. The highest BCUT2D eigenvalue weighted by Gasteiger charge is 2.50. The summed E-state index contributed by atoms with van der Waals surface area (Å²) in [4.78, 5) is 17.3. The summed E-state index contributed by atoms with van der Waals surface area (Å²) in [5, 5.41) is 11.4. The van der Waals surface area contributed by atoms with Crippen molar-refractivity contribution in [2.75, 3.05) is 6.67 Å². The van der Waals surface area contributed by atoms with Crippen molar-refractivity contribution in [2.24, 2.45) is 4.99 Å². The predicted octanol–water partition coefficient (Wildman–Crippen LogP) is 1.87. The van der Waals surface area contributed by atoms with E-state index in [-0.39, 0.29) is 30.3 Å². The number of hydrogen-bond acceptors (Lipinski definition) is 6. The summed E-state index contributed by atoms with van der Waals surface area (Å²) in [6.07, 6.45) is -3.89. The van der Waals surface area contributed by atoms with Gasteiger partial charge in [0.2, 0.25) is 0 Å². The highest BCUT2D eigenvalue weighted by molar-refractivity contribution is 5.90. The average molecular weight is 321 g/mol. The molecular weight excluding hydrogens is 310 g/mol. The number of hydrazine groups is 1. The number of alkyl halides is 4. The van der Waals surface area contributed by atoms with Gasteiger partial charge in [-0.1, -0.05) is 0 Å². The number of aryl methyl sites for hydroxylation is 1. The van der Waals surface area contributed by atoms with Gasteiger partial charge in [0.15, 0.2) is 5.84 Å². The Labute approximate surface area is 121 Å². The summed E-state index contributed by atoms with van der Waals surface area (Å²) in [5.41, 5.74) is 2.50. The first kappa shape index (κ1) is 16.1. The summed E-state index contributed by atoms with van der Waals surface area (Å²) in [7, 11) is 0. The van der Waals surface area contributed by atoms with Crippen LogP contribution in [0.15, 0.2) is 17.1 Å². The lowest BCUT2D eigenvalue weighted by Crippen LogP contribution is -2.48. The summed E-state index contributed by atoms with van der Waals surface area (Å²) >= 11 is 0. The fourth-order valence-corrected chi connectivity index (χ4v) is 1.92. The fourth-order valence-electron chi connectivity index (χ4n) is 1.92.